The average molecular weight is 260 g/mol. The van der Waals surface area contributed by atoms with E-state index in [4.69, 9.17) is 0 Å². The number of amides is 1. The van der Waals surface area contributed by atoms with Crippen molar-refractivity contribution in [3.05, 3.63) is 65.2 Å². The Hall–Kier alpha value is -2.43. The molecule has 0 fully saturated rings. The van der Waals surface area contributed by atoms with Gasteiger partial charge in [-0.25, -0.2) is 8.78 Å². The van der Waals surface area contributed by atoms with Crippen molar-refractivity contribution in [2.45, 2.75) is 6.17 Å². The molecule has 19 heavy (non-hydrogen) atoms. The Bertz CT molecular complexity index is 658. The molecule has 0 aromatic heterocycles. The molecule has 2 N–H and O–H groups in total. The summed E-state index contributed by atoms with van der Waals surface area (Å²) in [5, 5.41) is 5.65. The quantitative estimate of drug-likeness (QED) is 0.827. The third kappa shape index (κ3) is 2.03. The molecule has 0 spiro atoms. The number of carbonyl (C=O) groups excluding carboxylic acids is 1. The topological polar surface area (TPSA) is 41.1 Å². The molecule has 1 aliphatic rings. The number of nitrogens with one attached hydrogen (secondary N) is 2. The summed E-state index contributed by atoms with van der Waals surface area (Å²) in [5.74, 6) is -1.64. The summed E-state index contributed by atoms with van der Waals surface area (Å²) in [4.78, 5) is 11.9. The minimum absolute atomic E-state index is 0.198. The molecule has 1 atom stereocenters. The summed E-state index contributed by atoms with van der Waals surface area (Å²) >= 11 is 0. The van der Waals surface area contributed by atoms with Crippen molar-refractivity contribution in [2.24, 2.45) is 0 Å². The molecule has 0 radical (unpaired) electrons. The summed E-state index contributed by atoms with van der Waals surface area (Å²) < 4.78 is 26.6. The molecule has 5 heteroatoms. The van der Waals surface area contributed by atoms with Gasteiger partial charge < -0.3 is 10.6 Å². The number of anilines is 1. The largest absolute Gasteiger partial charge is 0.361 e. The van der Waals surface area contributed by atoms with Crippen molar-refractivity contribution in [2.75, 3.05) is 5.32 Å². The summed E-state index contributed by atoms with van der Waals surface area (Å²) in [6.07, 6.45) is -0.706. The monoisotopic (exact) mass is 260 g/mol. The van der Waals surface area contributed by atoms with Gasteiger partial charge in [0.15, 0.2) is 0 Å². The highest BCUT2D eigenvalue weighted by Crippen LogP contribution is 2.27. The molecule has 2 aromatic rings. The number of hydrogen-bond acceptors (Lipinski definition) is 2. The van der Waals surface area contributed by atoms with Gasteiger partial charge in [0.25, 0.3) is 5.91 Å². The van der Waals surface area contributed by atoms with Crippen molar-refractivity contribution in [1.29, 1.82) is 0 Å². The van der Waals surface area contributed by atoms with Gasteiger partial charge in [-0.15, -0.1) is 0 Å². The Labute approximate surface area is 108 Å². The minimum Gasteiger partial charge on any atom is -0.361 e. The first-order valence-electron chi connectivity index (χ1n) is 5.76. The molecule has 1 heterocycles. The zero-order valence-corrected chi connectivity index (χ0v) is 9.78. The molecule has 1 aliphatic heterocycles. The van der Waals surface area contributed by atoms with E-state index < -0.39 is 17.8 Å². The van der Waals surface area contributed by atoms with E-state index in [-0.39, 0.29) is 11.5 Å². The SMILES string of the molecule is O=C1NC(c2ccc(F)cc2F)Nc2ccccc21. The summed E-state index contributed by atoms with van der Waals surface area (Å²) in [7, 11) is 0. The van der Waals surface area contributed by atoms with Crippen LogP contribution < -0.4 is 10.6 Å². The number of carbonyl (C=O) groups is 1. The van der Waals surface area contributed by atoms with Crippen LogP contribution in [0.25, 0.3) is 0 Å². The zero-order chi connectivity index (χ0) is 13.4. The first-order valence-corrected chi connectivity index (χ1v) is 5.76. The Morgan fingerprint density at radius 1 is 1.00 bits per heavy atom. The molecule has 0 saturated heterocycles. The summed E-state index contributed by atoms with van der Waals surface area (Å²) in [6, 6.07) is 10.2. The smallest absolute Gasteiger partial charge is 0.255 e. The van der Waals surface area contributed by atoms with Gasteiger partial charge in [-0.05, 0) is 24.3 Å². The van der Waals surface area contributed by atoms with Crippen molar-refractivity contribution < 1.29 is 13.6 Å². The van der Waals surface area contributed by atoms with Crippen molar-refractivity contribution >= 4 is 11.6 Å². The molecule has 3 nitrogen and oxygen atoms in total. The van der Waals surface area contributed by atoms with Crippen LogP contribution in [0.5, 0.6) is 0 Å². The molecule has 1 unspecified atom stereocenters. The number of fused-ring (bicyclic) bond motifs is 1. The van der Waals surface area contributed by atoms with E-state index in [2.05, 4.69) is 10.6 Å². The number of hydrogen-bond donors (Lipinski definition) is 2. The van der Waals surface area contributed by atoms with Gasteiger partial charge in [0.2, 0.25) is 0 Å². The fraction of sp³-hybridized carbons (Fsp3) is 0.0714. The molecule has 0 bridgehead atoms. The predicted molar refractivity (Wildman–Crippen MR) is 66.6 cm³/mol. The molecule has 0 saturated carbocycles. The highest BCUT2D eigenvalue weighted by Gasteiger charge is 2.25. The number of halogens is 2. The Morgan fingerprint density at radius 3 is 2.58 bits per heavy atom. The van der Waals surface area contributed by atoms with E-state index in [9.17, 15) is 13.6 Å². The Balaban J connectivity index is 1.99. The number of benzene rings is 2. The Morgan fingerprint density at radius 2 is 1.79 bits per heavy atom. The van der Waals surface area contributed by atoms with Crippen LogP contribution in [-0.4, -0.2) is 5.91 Å². The lowest BCUT2D eigenvalue weighted by atomic mass is 10.1. The zero-order valence-electron chi connectivity index (χ0n) is 9.78. The highest BCUT2D eigenvalue weighted by atomic mass is 19.1. The van der Waals surface area contributed by atoms with Gasteiger partial charge >= 0.3 is 0 Å². The standard InChI is InChI=1S/C14H10F2N2O/c15-8-5-6-9(11(16)7-8)13-17-12-4-2-1-3-10(12)14(19)18-13/h1-7,13,17H,(H,18,19). The van der Waals surface area contributed by atoms with Crippen molar-refractivity contribution in [1.82, 2.24) is 5.32 Å². The maximum Gasteiger partial charge on any atom is 0.255 e. The van der Waals surface area contributed by atoms with E-state index >= 15 is 0 Å². The number of para-hydroxylation sites is 1. The third-order valence-electron chi connectivity index (χ3n) is 3.02. The summed E-state index contributed by atoms with van der Waals surface area (Å²) in [6.45, 7) is 0. The van der Waals surface area contributed by atoms with Gasteiger partial charge in [-0.2, -0.15) is 0 Å². The maximum absolute atomic E-state index is 13.7. The number of rotatable bonds is 1. The van der Waals surface area contributed by atoms with Gasteiger partial charge in [0, 0.05) is 17.3 Å². The van der Waals surface area contributed by atoms with Crippen LogP contribution in [0.2, 0.25) is 0 Å². The summed E-state index contributed by atoms with van der Waals surface area (Å²) in [5.41, 5.74) is 1.32. The van der Waals surface area contributed by atoms with Crippen LogP contribution in [0.1, 0.15) is 22.1 Å². The van der Waals surface area contributed by atoms with Gasteiger partial charge in [-0.3, -0.25) is 4.79 Å². The van der Waals surface area contributed by atoms with E-state index in [1.54, 1.807) is 24.3 Å². The molecule has 2 aromatic carbocycles. The van der Waals surface area contributed by atoms with E-state index in [0.717, 1.165) is 12.1 Å². The lowest BCUT2D eigenvalue weighted by Crippen LogP contribution is -2.38. The van der Waals surface area contributed by atoms with Crippen LogP contribution >= 0.6 is 0 Å². The lowest BCUT2D eigenvalue weighted by molar-refractivity contribution is 0.0935. The fourth-order valence-corrected chi connectivity index (χ4v) is 2.10. The van der Waals surface area contributed by atoms with Crippen LogP contribution in [0.3, 0.4) is 0 Å². The first kappa shape index (κ1) is 11.6. The molecule has 96 valence electrons. The predicted octanol–water partition coefficient (Wildman–Crippen LogP) is 2.82. The molecule has 1 amide bonds. The van der Waals surface area contributed by atoms with Crippen LogP contribution in [0, 0.1) is 11.6 Å². The highest BCUT2D eigenvalue weighted by molar-refractivity contribution is 6.01. The normalized spacial score (nSPS) is 17.4. The second kappa shape index (κ2) is 4.35. The average Bonchev–Trinajstić information content (AvgIpc) is 2.38. The first-order chi connectivity index (χ1) is 9.15. The minimum atomic E-state index is -0.706. The Kier molecular flexibility index (Phi) is 2.67. The third-order valence-corrected chi connectivity index (χ3v) is 3.02. The van der Waals surface area contributed by atoms with Crippen LogP contribution in [0.4, 0.5) is 14.5 Å². The molecular weight excluding hydrogens is 250 g/mol. The van der Waals surface area contributed by atoms with Gasteiger partial charge in [0.05, 0.1) is 5.56 Å². The van der Waals surface area contributed by atoms with Gasteiger partial charge in [-0.1, -0.05) is 12.1 Å². The molecule has 0 aliphatic carbocycles. The van der Waals surface area contributed by atoms with E-state index in [1.807, 2.05) is 0 Å². The molecular formula is C14H10F2N2O. The van der Waals surface area contributed by atoms with Crippen molar-refractivity contribution in [3.8, 4) is 0 Å². The maximum atomic E-state index is 13.7. The van der Waals surface area contributed by atoms with Gasteiger partial charge in [0.1, 0.15) is 17.8 Å². The second-order valence-corrected chi connectivity index (χ2v) is 4.26. The van der Waals surface area contributed by atoms with Crippen molar-refractivity contribution in [3.63, 3.8) is 0 Å². The van der Waals surface area contributed by atoms with Crippen LogP contribution in [0.15, 0.2) is 42.5 Å². The van der Waals surface area contributed by atoms with Crippen LogP contribution in [-0.2, 0) is 0 Å². The fourth-order valence-electron chi connectivity index (χ4n) is 2.10. The lowest BCUT2D eigenvalue weighted by Gasteiger charge is -2.28. The second-order valence-electron chi connectivity index (χ2n) is 4.26. The van der Waals surface area contributed by atoms with E-state index in [1.165, 1.54) is 6.07 Å². The van der Waals surface area contributed by atoms with E-state index in [0.29, 0.717) is 11.3 Å². The molecule has 3 rings (SSSR count).